The van der Waals surface area contributed by atoms with Crippen molar-refractivity contribution in [1.29, 1.82) is 0 Å². The van der Waals surface area contributed by atoms with Gasteiger partial charge in [-0.05, 0) is 0 Å². The SMILES string of the molecule is CC.C[C-]=NC=C[CH]=[W]. The van der Waals surface area contributed by atoms with E-state index in [-0.39, 0.29) is 0 Å². The molecule has 0 radical (unpaired) electrons. The Morgan fingerprint density at radius 1 is 1.44 bits per heavy atom. The first-order valence-electron chi connectivity index (χ1n) is 2.88. The van der Waals surface area contributed by atoms with Crippen LogP contribution < -0.4 is 0 Å². The predicted octanol–water partition coefficient (Wildman–Crippen LogP) is 1.84. The van der Waals surface area contributed by atoms with E-state index in [0.717, 1.165) is 0 Å². The monoisotopic (exact) mass is 294 g/mol. The zero-order chi connectivity index (χ0) is 7.54. The van der Waals surface area contributed by atoms with E-state index in [1.165, 1.54) is 19.4 Å². The van der Waals surface area contributed by atoms with Gasteiger partial charge in [-0.2, -0.15) is 0 Å². The van der Waals surface area contributed by atoms with Crippen molar-refractivity contribution in [2.24, 2.45) is 4.99 Å². The molecule has 0 aromatic heterocycles. The van der Waals surface area contributed by atoms with Crippen LogP contribution in [-0.4, -0.2) is 10.6 Å². The van der Waals surface area contributed by atoms with Gasteiger partial charge in [0.2, 0.25) is 0 Å². The molecule has 0 N–H and O–H groups in total. The molecule has 0 rings (SSSR count). The maximum atomic E-state index is 3.71. The van der Waals surface area contributed by atoms with Crippen LogP contribution in [0, 0.1) is 0 Å². The van der Waals surface area contributed by atoms with Gasteiger partial charge < -0.3 is 0 Å². The van der Waals surface area contributed by atoms with Gasteiger partial charge in [-0.3, -0.25) is 0 Å². The summed E-state index contributed by atoms with van der Waals surface area (Å²) in [5.41, 5.74) is 0. The summed E-state index contributed by atoms with van der Waals surface area (Å²) in [6.45, 7) is 5.77. The van der Waals surface area contributed by atoms with E-state index in [0.29, 0.717) is 0 Å². The fourth-order valence-corrected chi connectivity index (χ4v) is 0.405. The number of hydrogen-bond donors (Lipinski definition) is 0. The van der Waals surface area contributed by atoms with E-state index in [2.05, 4.69) is 11.2 Å². The van der Waals surface area contributed by atoms with Crippen molar-refractivity contribution < 1.29 is 19.4 Å². The van der Waals surface area contributed by atoms with Gasteiger partial charge in [0.1, 0.15) is 0 Å². The van der Waals surface area contributed by atoms with Crippen LogP contribution in [0.2, 0.25) is 0 Å². The average Bonchev–Trinajstić information content (AvgIpc) is 1.94. The summed E-state index contributed by atoms with van der Waals surface area (Å²) in [4.78, 5) is 3.71. The molecule has 2 heteroatoms. The molecule has 0 saturated heterocycles. The van der Waals surface area contributed by atoms with Crippen LogP contribution in [0.4, 0.5) is 0 Å². The molecule has 0 bridgehead atoms. The second-order valence-corrected chi connectivity index (χ2v) is 1.81. The number of allylic oxidation sites excluding steroid dienone is 1. The van der Waals surface area contributed by atoms with E-state index in [9.17, 15) is 0 Å². The number of nitrogens with zero attached hydrogens (tertiary/aromatic N) is 1. The quantitative estimate of drug-likeness (QED) is 0.544. The van der Waals surface area contributed by atoms with Crippen molar-refractivity contribution in [2.75, 3.05) is 0 Å². The van der Waals surface area contributed by atoms with Crippen LogP contribution in [0.5, 0.6) is 0 Å². The van der Waals surface area contributed by atoms with Gasteiger partial charge >= 0.3 is 54.2 Å². The van der Waals surface area contributed by atoms with Crippen LogP contribution in [0.3, 0.4) is 0 Å². The summed E-state index contributed by atoms with van der Waals surface area (Å²) in [7, 11) is 0. The summed E-state index contributed by atoms with van der Waals surface area (Å²) in [5, 5.41) is 0. The minimum absolute atomic E-state index is 1.44. The molecule has 52 valence electrons. The van der Waals surface area contributed by atoms with Gasteiger partial charge in [0, 0.05) is 0 Å². The Balaban J connectivity index is 0. The van der Waals surface area contributed by atoms with Crippen LogP contribution >= 0.6 is 0 Å². The van der Waals surface area contributed by atoms with Gasteiger partial charge in [-0.25, -0.2) is 0 Å². The molecule has 0 atom stereocenters. The molecule has 1 nitrogen and oxygen atoms in total. The second kappa shape index (κ2) is 15.7. The van der Waals surface area contributed by atoms with Gasteiger partial charge in [0.25, 0.3) is 0 Å². The third-order valence-corrected chi connectivity index (χ3v) is 0.933. The summed E-state index contributed by atoms with van der Waals surface area (Å²) < 4.78 is 2.00. The average molecular weight is 294 g/mol. The first-order valence-corrected chi connectivity index (χ1v) is 4.58. The van der Waals surface area contributed by atoms with Gasteiger partial charge in [0.05, 0.1) is 0 Å². The molecule has 0 heterocycles. The molecular weight excluding hydrogens is 282 g/mol. The molecule has 0 aromatic carbocycles. The Morgan fingerprint density at radius 2 is 2.00 bits per heavy atom. The van der Waals surface area contributed by atoms with Crippen LogP contribution in [0.15, 0.2) is 17.3 Å². The number of hydrogen-bond acceptors (Lipinski definition) is 1. The molecule has 0 aliphatic rings. The topological polar surface area (TPSA) is 12.4 Å². The molecule has 0 spiro atoms. The molecule has 0 fully saturated rings. The Hall–Kier alpha value is -0.0317. The Bertz CT molecular complexity index is 95.1. The maximum absolute atomic E-state index is 3.71. The Kier molecular flexibility index (Phi) is 20.4. The fraction of sp³-hybridized carbons (Fsp3) is 0.429. The van der Waals surface area contributed by atoms with Crippen molar-refractivity contribution in [1.82, 2.24) is 0 Å². The third-order valence-electron chi connectivity index (χ3n) is 0.368. The molecule has 0 saturated carbocycles. The normalized spacial score (nSPS) is 9.22. The van der Waals surface area contributed by atoms with E-state index < -0.39 is 0 Å². The van der Waals surface area contributed by atoms with Gasteiger partial charge in [-0.15, -0.1) is 0 Å². The van der Waals surface area contributed by atoms with E-state index in [4.69, 9.17) is 0 Å². The second-order valence-electron chi connectivity index (χ2n) is 0.830. The fourth-order valence-electron chi connectivity index (χ4n) is 0.153. The molecule has 0 aliphatic carbocycles. The Morgan fingerprint density at radius 3 is 2.33 bits per heavy atom. The van der Waals surface area contributed by atoms with E-state index in [1.807, 2.05) is 24.3 Å². The van der Waals surface area contributed by atoms with Crippen molar-refractivity contribution in [3.8, 4) is 0 Å². The first-order chi connectivity index (χ1) is 4.41. The molecule has 0 aliphatic heterocycles. The molecular formula is C7H12NW-. The van der Waals surface area contributed by atoms with Gasteiger partial charge in [0.15, 0.2) is 0 Å². The summed E-state index contributed by atoms with van der Waals surface area (Å²) >= 11 is 1.44. The standard InChI is InChI=1S/C5H6N.C2H6.W/c1-3-5-6-4-2;1-2;/h1,3,5H,2H3;1-2H3;/q-1;;. The summed E-state index contributed by atoms with van der Waals surface area (Å²) in [6.07, 6.45) is 6.24. The minimum atomic E-state index is 1.44. The summed E-state index contributed by atoms with van der Waals surface area (Å²) in [6, 6.07) is 0. The zero-order valence-electron chi connectivity index (χ0n) is 6.09. The van der Waals surface area contributed by atoms with Crippen LogP contribution in [-0.2, 0) is 19.4 Å². The molecule has 9 heavy (non-hydrogen) atoms. The molecule has 0 unspecified atom stereocenters. The number of aliphatic imine (C=N–C) groups is 1. The number of rotatable bonds is 2. The van der Waals surface area contributed by atoms with Crippen molar-refractivity contribution in [2.45, 2.75) is 20.8 Å². The first kappa shape index (κ1) is 11.7. The van der Waals surface area contributed by atoms with Crippen LogP contribution in [0.1, 0.15) is 20.8 Å². The molecule has 0 amide bonds. The zero-order valence-corrected chi connectivity index (χ0v) is 9.02. The van der Waals surface area contributed by atoms with Crippen LogP contribution in [0.25, 0.3) is 0 Å². The van der Waals surface area contributed by atoms with E-state index in [1.54, 1.807) is 13.1 Å². The van der Waals surface area contributed by atoms with Crippen molar-refractivity contribution >= 4 is 10.6 Å². The summed E-state index contributed by atoms with van der Waals surface area (Å²) in [5.74, 6) is 0. The van der Waals surface area contributed by atoms with Crippen molar-refractivity contribution in [3.05, 3.63) is 12.3 Å². The predicted molar refractivity (Wildman–Crippen MR) is 39.7 cm³/mol. The van der Waals surface area contributed by atoms with E-state index >= 15 is 0 Å². The van der Waals surface area contributed by atoms with Crippen molar-refractivity contribution in [3.63, 3.8) is 0 Å². The third kappa shape index (κ3) is 18.0. The Labute approximate surface area is 68.3 Å². The molecule has 0 aromatic rings. The van der Waals surface area contributed by atoms with Gasteiger partial charge in [-0.1, -0.05) is 13.8 Å².